The monoisotopic (exact) mass is 503 g/mol. The number of amides is 2. The van der Waals surface area contributed by atoms with E-state index in [9.17, 15) is 9.59 Å². The second-order valence-corrected chi connectivity index (χ2v) is 8.58. The van der Waals surface area contributed by atoms with Crippen LogP contribution in [0.15, 0.2) is 77.3 Å². The number of nitrogens with zero attached hydrogens (tertiary/aromatic N) is 3. The first-order valence-corrected chi connectivity index (χ1v) is 11.0. The lowest BCUT2D eigenvalue weighted by atomic mass is 9.90. The Kier molecular flexibility index (Phi) is 5.36. The third kappa shape index (κ3) is 3.46. The molecular formula is C25H18BrN3O4. The van der Waals surface area contributed by atoms with Gasteiger partial charge in [-0.25, -0.2) is 9.96 Å². The maximum Gasteiger partial charge on any atom is 0.266 e. The van der Waals surface area contributed by atoms with E-state index in [2.05, 4.69) is 15.9 Å². The highest BCUT2D eigenvalue weighted by atomic mass is 79.9. The van der Waals surface area contributed by atoms with Crippen molar-refractivity contribution in [3.63, 3.8) is 0 Å². The quantitative estimate of drug-likeness (QED) is 0.491. The molecule has 8 heteroatoms. The van der Waals surface area contributed by atoms with E-state index < -0.39 is 24.0 Å². The van der Waals surface area contributed by atoms with Gasteiger partial charge in [0.25, 0.3) is 5.91 Å². The van der Waals surface area contributed by atoms with Gasteiger partial charge in [0.05, 0.1) is 40.6 Å². The summed E-state index contributed by atoms with van der Waals surface area (Å²) in [5.41, 5.74) is 2.42. The lowest BCUT2D eigenvalue weighted by Crippen LogP contribution is -2.37. The Labute approximate surface area is 198 Å². The van der Waals surface area contributed by atoms with E-state index in [0.29, 0.717) is 17.0 Å². The highest BCUT2D eigenvalue weighted by molar-refractivity contribution is 9.10. The normalized spacial score (nSPS) is 21.8. The number of nitriles is 1. The molecule has 3 aromatic carbocycles. The van der Waals surface area contributed by atoms with Gasteiger partial charge in [-0.3, -0.25) is 14.4 Å². The standard InChI is InChI=1S/C25H18BrN3O4/c1-32-20-12-9-16(13-19(20)26)22-21-23(33-29(22)18-5-3-2-4-6-18)25(31)28(24(21)30)17-10-7-15(14-27)8-11-17/h2-13,21-23H,1H3/t21-,22+,23-/m1/s1. The zero-order valence-corrected chi connectivity index (χ0v) is 19.1. The van der Waals surface area contributed by atoms with Crippen LogP contribution in [0, 0.1) is 17.2 Å². The summed E-state index contributed by atoms with van der Waals surface area (Å²) in [6.45, 7) is 0. The topological polar surface area (TPSA) is 82.9 Å². The molecule has 3 aromatic rings. The Morgan fingerprint density at radius 1 is 0.970 bits per heavy atom. The number of hydrogen-bond donors (Lipinski definition) is 0. The largest absolute Gasteiger partial charge is 0.496 e. The number of methoxy groups -OCH3 is 1. The lowest BCUT2D eigenvalue weighted by Gasteiger charge is -2.29. The van der Waals surface area contributed by atoms with E-state index in [1.165, 1.54) is 0 Å². The minimum atomic E-state index is -0.959. The molecule has 0 aromatic heterocycles. The van der Waals surface area contributed by atoms with Crippen LogP contribution in [0.1, 0.15) is 17.2 Å². The van der Waals surface area contributed by atoms with Crippen LogP contribution in [0.3, 0.4) is 0 Å². The number of fused-ring (bicyclic) bond motifs is 1. The van der Waals surface area contributed by atoms with Crippen LogP contribution in [0.2, 0.25) is 0 Å². The number of para-hydroxylation sites is 1. The molecule has 33 heavy (non-hydrogen) atoms. The molecule has 0 bridgehead atoms. The molecule has 0 spiro atoms. The first kappa shape index (κ1) is 21.2. The number of ether oxygens (including phenoxy) is 1. The number of benzene rings is 3. The summed E-state index contributed by atoms with van der Waals surface area (Å²) < 4.78 is 6.08. The predicted octanol–water partition coefficient (Wildman–Crippen LogP) is 4.38. The fourth-order valence-electron chi connectivity index (χ4n) is 4.36. The van der Waals surface area contributed by atoms with Gasteiger partial charge in [0, 0.05) is 0 Å². The van der Waals surface area contributed by atoms with Crippen molar-refractivity contribution in [1.82, 2.24) is 0 Å². The smallest absolute Gasteiger partial charge is 0.266 e. The third-order valence-corrected chi connectivity index (χ3v) is 6.52. The third-order valence-electron chi connectivity index (χ3n) is 5.90. The van der Waals surface area contributed by atoms with E-state index in [0.717, 1.165) is 20.6 Å². The second kappa shape index (κ2) is 8.35. The van der Waals surface area contributed by atoms with Crippen LogP contribution in [0.5, 0.6) is 5.75 Å². The fourth-order valence-corrected chi connectivity index (χ4v) is 4.92. The van der Waals surface area contributed by atoms with Gasteiger partial charge in [-0.2, -0.15) is 5.26 Å². The minimum Gasteiger partial charge on any atom is -0.496 e. The highest BCUT2D eigenvalue weighted by Crippen LogP contribution is 2.48. The summed E-state index contributed by atoms with van der Waals surface area (Å²) >= 11 is 3.52. The average Bonchev–Trinajstić information content (AvgIpc) is 3.35. The van der Waals surface area contributed by atoms with Crippen molar-refractivity contribution in [2.45, 2.75) is 12.1 Å². The van der Waals surface area contributed by atoms with Crippen molar-refractivity contribution in [2.75, 3.05) is 17.1 Å². The van der Waals surface area contributed by atoms with Crippen molar-refractivity contribution in [3.8, 4) is 11.8 Å². The number of halogens is 1. The number of hydroxylamine groups is 1. The zero-order chi connectivity index (χ0) is 23.1. The predicted molar refractivity (Wildman–Crippen MR) is 124 cm³/mol. The Morgan fingerprint density at radius 3 is 2.33 bits per heavy atom. The second-order valence-electron chi connectivity index (χ2n) is 7.72. The number of rotatable bonds is 4. The molecule has 2 saturated heterocycles. The number of imide groups is 1. The van der Waals surface area contributed by atoms with Crippen molar-refractivity contribution < 1.29 is 19.2 Å². The molecule has 3 atom stereocenters. The lowest BCUT2D eigenvalue weighted by molar-refractivity contribution is -0.126. The van der Waals surface area contributed by atoms with Gasteiger partial charge in [-0.05, 0) is 70.0 Å². The molecule has 2 heterocycles. The molecule has 0 radical (unpaired) electrons. The van der Waals surface area contributed by atoms with E-state index in [1.54, 1.807) is 36.4 Å². The summed E-state index contributed by atoms with van der Waals surface area (Å²) in [4.78, 5) is 34.2. The van der Waals surface area contributed by atoms with Crippen molar-refractivity contribution in [2.24, 2.45) is 5.92 Å². The molecule has 0 N–H and O–H groups in total. The first-order valence-electron chi connectivity index (χ1n) is 10.3. The minimum absolute atomic E-state index is 0.343. The van der Waals surface area contributed by atoms with Gasteiger partial charge >= 0.3 is 0 Å². The van der Waals surface area contributed by atoms with Gasteiger partial charge in [0.1, 0.15) is 11.7 Å². The average molecular weight is 504 g/mol. The molecular weight excluding hydrogens is 486 g/mol. The Bertz CT molecular complexity index is 1270. The molecule has 2 aliphatic heterocycles. The Balaban J connectivity index is 1.58. The highest BCUT2D eigenvalue weighted by Gasteiger charge is 2.60. The van der Waals surface area contributed by atoms with Gasteiger partial charge in [0.15, 0.2) is 6.10 Å². The number of carbonyl (C=O) groups is 2. The molecule has 7 nitrogen and oxygen atoms in total. The Hall–Kier alpha value is -3.67. The first-order chi connectivity index (χ1) is 16.0. The van der Waals surface area contributed by atoms with Crippen molar-refractivity contribution >= 4 is 39.1 Å². The molecule has 0 unspecified atom stereocenters. The maximum atomic E-state index is 13.6. The molecule has 2 amide bonds. The van der Waals surface area contributed by atoms with Crippen LogP contribution in [-0.2, 0) is 14.4 Å². The summed E-state index contributed by atoms with van der Waals surface area (Å²) in [5.74, 6) is -0.849. The van der Waals surface area contributed by atoms with E-state index in [1.807, 2.05) is 54.6 Å². The van der Waals surface area contributed by atoms with E-state index in [-0.39, 0.29) is 5.91 Å². The van der Waals surface area contributed by atoms with Crippen LogP contribution < -0.4 is 14.7 Å². The number of carbonyl (C=O) groups excluding carboxylic acids is 2. The maximum absolute atomic E-state index is 13.6. The SMILES string of the molecule is COc1ccc([C@H]2[C@H]3C(=O)N(c4ccc(C#N)cc4)C(=O)[C@@H]3ON2c2ccccc2)cc1Br. The summed E-state index contributed by atoms with van der Waals surface area (Å²) in [5, 5.41) is 10.7. The van der Waals surface area contributed by atoms with Gasteiger partial charge in [-0.15, -0.1) is 0 Å². The Morgan fingerprint density at radius 2 is 1.70 bits per heavy atom. The molecule has 164 valence electrons. The molecule has 0 saturated carbocycles. The summed E-state index contributed by atoms with van der Waals surface area (Å²) in [6, 6.07) is 22.8. The van der Waals surface area contributed by atoms with Crippen LogP contribution >= 0.6 is 15.9 Å². The van der Waals surface area contributed by atoms with E-state index >= 15 is 0 Å². The van der Waals surface area contributed by atoms with Gasteiger partial charge in [-0.1, -0.05) is 24.3 Å². The fraction of sp³-hybridized carbons (Fsp3) is 0.160. The zero-order valence-electron chi connectivity index (χ0n) is 17.5. The molecule has 2 aliphatic rings. The van der Waals surface area contributed by atoms with Crippen LogP contribution in [-0.4, -0.2) is 25.0 Å². The molecule has 2 fully saturated rings. The van der Waals surface area contributed by atoms with Gasteiger partial charge < -0.3 is 4.74 Å². The molecule has 0 aliphatic carbocycles. The van der Waals surface area contributed by atoms with E-state index in [4.69, 9.17) is 14.8 Å². The number of anilines is 2. The van der Waals surface area contributed by atoms with Gasteiger partial charge in [0.2, 0.25) is 5.91 Å². The molecule has 5 rings (SSSR count). The van der Waals surface area contributed by atoms with Crippen molar-refractivity contribution in [3.05, 3.63) is 88.4 Å². The van der Waals surface area contributed by atoms with Crippen LogP contribution in [0.25, 0.3) is 0 Å². The summed E-state index contributed by atoms with van der Waals surface area (Å²) in [7, 11) is 1.58. The van der Waals surface area contributed by atoms with Crippen LogP contribution in [0.4, 0.5) is 11.4 Å². The summed E-state index contributed by atoms with van der Waals surface area (Å²) in [6.07, 6.45) is -0.959. The van der Waals surface area contributed by atoms with Crippen molar-refractivity contribution in [1.29, 1.82) is 5.26 Å². The number of hydrogen-bond acceptors (Lipinski definition) is 6.